The number of aliphatic imine (C=N–C) groups is 1. The van der Waals surface area contributed by atoms with Crippen LogP contribution < -0.4 is 16.0 Å². The van der Waals surface area contributed by atoms with Crippen molar-refractivity contribution in [3.05, 3.63) is 0 Å². The largest absolute Gasteiger partial charge is 0.412 e. The second kappa shape index (κ2) is 8.67. The summed E-state index contributed by atoms with van der Waals surface area (Å²) in [6.45, 7) is 0.757. The van der Waals surface area contributed by atoms with Crippen molar-refractivity contribution >= 4 is 34.8 Å². The smallest absolute Gasteiger partial charge is 0.408 e. The first-order chi connectivity index (χ1) is 11.7. The van der Waals surface area contributed by atoms with E-state index in [1.807, 2.05) is 0 Å². The number of hydrogen-bond acceptors (Lipinski definition) is 7. The monoisotopic (exact) mass is 377 g/mol. The number of oxime groups is 1. The zero-order chi connectivity index (χ0) is 16.8. The van der Waals surface area contributed by atoms with E-state index in [1.54, 1.807) is 0 Å². The average molecular weight is 378 g/mol. The fourth-order valence-corrected chi connectivity index (χ4v) is 3.60. The molecule has 0 spiro atoms. The van der Waals surface area contributed by atoms with Gasteiger partial charge in [-0.2, -0.15) is 10.6 Å². The average Bonchev–Trinajstić information content (AvgIpc) is 2.82. The topological polar surface area (TPSA) is 79.3 Å². The van der Waals surface area contributed by atoms with Gasteiger partial charge in [0, 0.05) is 13.0 Å². The van der Waals surface area contributed by atoms with Crippen LogP contribution in [-0.2, 0) is 9.57 Å². The molecular weight excluding hydrogens is 353 g/mol. The van der Waals surface area contributed by atoms with Gasteiger partial charge in [0.25, 0.3) is 0 Å². The third-order valence-corrected chi connectivity index (χ3v) is 4.73. The molecule has 3 N–H and O–H groups in total. The summed E-state index contributed by atoms with van der Waals surface area (Å²) in [5.41, 5.74) is -0.204. The minimum atomic E-state index is -1.42. The molecule has 136 valence electrons. The third kappa shape index (κ3) is 5.20. The van der Waals surface area contributed by atoms with Crippen LogP contribution in [0.25, 0.3) is 0 Å². The molecule has 0 aromatic heterocycles. The second-order valence-corrected chi connectivity index (χ2v) is 7.17. The van der Waals surface area contributed by atoms with E-state index < -0.39 is 17.3 Å². The molecule has 2 atom stereocenters. The van der Waals surface area contributed by atoms with Gasteiger partial charge in [-0.05, 0) is 38.5 Å². The number of hydrogen-bond donors (Lipinski definition) is 3. The Balaban J connectivity index is 1.73. The SMILES string of the molecule is ClC1NC(Cl)NC(ON=C2CCCCC2)(OC2=NCCCCC2)N1. The summed E-state index contributed by atoms with van der Waals surface area (Å²) >= 11 is 12.3. The Labute approximate surface area is 152 Å². The highest BCUT2D eigenvalue weighted by atomic mass is 35.5. The summed E-state index contributed by atoms with van der Waals surface area (Å²) in [7, 11) is 0. The maximum absolute atomic E-state index is 6.17. The summed E-state index contributed by atoms with van der Waals surface area (Å²) in [6, 6.07) is -1.42. The highest BCUT2D eigenvalue weighted by Crippen LogP contribution is 2.21. The Bertz CT molecular complexity index is 470. The summed E-state index contributed by atoms with van der Waals surface area (Å²) in [6.07, 6.45) is 9.43. The lowest BCUT2D eigenvalue weighted by molar-refractivity contribution is -0.252. The van der Waals surface area contributed by atoms with Crippen molar-refractivity contribution in [3.8, 4) is 0 Å². The minimum absolute atomic E-state index is 0.619. The maximum atomic E-state index is 6.17. The van der Waals surface area contributed by atoms with E-state index in [0.717, 1.165) is 63.6 Å². The van der Waals surface area contributed by atoms with Gasteiger partial charge in [0.05, 0.1) is 5.71 Å². The van der Waals surface area contributed by atoms with Crippen molar-refractivity contribution < 1.29 is 9.57 Å². The molecule has 0 radical (unpaired) electrons. The molecule has 2 unspecified atom stereocenters. The van der Waals surface area contributed by atoms with Crippen molar-refractivity contribution in [2.75, 3.05) is 6.54 Å². The molecule has 1 saturated heterocycles. The summed E-state index contributed by atoms with van der Waals surface area (Å²) in [5, 5.41) is 13.2. The Morgan fingerprint density at radius 2 is 1.62 bits per heavy atom. The van der Waals surface area contributed by atoms with Crippen LogP contribution in [0.5, 0.6) is 0 Å². The molecule has 3 aliphatic rings. The Hall–Kier alpha value is -0.600. The van der Waals surface area contributed by atoms with Crippen LogP contribution in [0, 0.1) is 0 Å². The third-order valence-electron chi connectivity index (χ3n) is 4.26. The van der Waals surface area contributed by atoms with Crippen LogP contribution in [-0.4, -0.2) is 35.4 Å². The predicted molar refractivity (Wildman–Crippen MR) is 94.9 cm³/mol. The molecule has 2 fully saturated rings. The van der Waals surface area contributed by atoms with Crippen molar-refractivity contribution in [2.24, 2.45) is 10.1 Å². The number of rotatable bonds is 3. The first kappa shape index (κ1) is 18.2. The number of nitrogens with zero attached hydrogens (tertiary/aromatic N) is 2. The van der Waals surface area contributed by atoms with Gasteiger partial charge in [-0.3, -0.25) is 10.3 Å². The van der Waals surface area contributed by atoms with Crippen LogP contribution in [0.2, 0.25) is 0 Å². The zero-order valence-corrected chi connectivity index (χ0v) is 15.2. The van der Waals surface area contributed by atoms with E-state index >= 15 is 0 Å². The lowest BCUT2D eigenvalue weighted by Gasteiger charge is -2.40. The molecule has 7 nitrogen and oxygen atoms in total. The van der Waals surface area contributed by atoms with E-state index in [9.17, 15) is 0 Å². The molecule has 0 aromatic carbocycles. The molecule has 0 amide bonds. The summed E-state index contributed by atoms with van der Waals surface area (Å²) in [5.74, 6) is 0.631. The Morgan fingerprint density at radius 1 is 0.958 bits per heavy atom. The number of halogens is 2. The predicted octanol–water partition coefficient (Wildman–Crippen LogP) is 2.75. The molecule has 0 aromatic rings. The van der Waals surface area contributed by atoms with Crippen LogP contribution >= 0.6 is 23.2 Å². The van der Waals surface area contributed by atoms with Crippen molar-refractivity contribution in [1.82, 2.24) is 16.0 Å². The van der Waals surface area contributed by atoms with Gasteiger partial charge < -0.3 is 9.57 Å². The normalized spacial score (nSPS) is 34.9. The molecular formula is C15H25Cl2N5O2. The number of ether oxygens (including phenoxy) is 1. The van der Waals surface area contributed by atoms with Gasteiger partial charge in [-0.15, -0.1) is 0 Å². The molecule has 24 heavy (non-hydrogen) atoms. The van der Waals surface area contributed by atoms with Gasteiger partial charge in [0.2, 0.25) is 0 Å². The minimum Gasteiger partial charge on any atom is -0.412 e. The van der Waals surface area contributed by atoms with Crippen LogP contribution in [0.4, 0.5) is 0 Å². The van der Waals surface area contributed by atoms with E-state index in [1.165, 1.54) is 6.42 Å². The van der Waals surface area contributed by atoms with Gasteiger partial charge in [0.1, 0.15) is 11.2 Å². The van der Waals surface area contributed by atoms with Crippen LogP contribution in [0.15, 0.2) is 10.1 Å². The first-order valence-electron chi connectivity index (χ1n) is 8.71. The van der Waals surface area contributed by atoms with Gasteiger partial charge >= 0.3 is 6.03 Å². The highest BCUT2D eigenvalue weighted by molar-refractivity contribution is 6.23. The lowest BCUT2D eigenvalue weighted by atomic mass is 9.99. The molecule has 3 rings (SSSR count). The van der Waals surface area contributed by atoms with Crippen molar-refractivity contribution in [2.45, 2.75) is 75.1 Å². The standard InChI is InChI=1S/C15H25Cl2N5O2/c16-13-19-14(17)21-15(20-13,23-12-9-5-2-6-10-18-12)24-22-11-7-3-1-4-8-11/h13-14,19-21H,1-10H2. The van der Waals surface area contributed by atoms with Gasteiger partial charge in [-0.1, -0.05) is 41.2 Å². The van der Waals surface area contributed by atoms with E-state index in [0.29, 0.717) is 5.90 Å². The maximum Gasteiger partial charge on any atom is 0.408 e. The Kier molecular flexibility index (Phi) is 6.57. The molecule has 9 heteroatoms. The van der Waals surface area contributed by atoms with Crippen molar-refractivity contribution in [3.63, 3.8) is 0 Å². The van der Waals surface area contributed by atoms with Crippen LogP contribution in [0.1, 0.15) is 57.8 Å². The van der Waals surface area contributed by atoms with E-state index in [2.05, 4.69) is 26.1 Å². The molecule has 0 bridgehead atoms. The molecule has 1 saturated carbocycles. The summed E-state index contributed by atoms with van der Waals surface area (Å²) < 4.78 is 6.02. The molecule has 2 aliphatic heterocycles. The van der Waals surface area contributed by atoms with E-state index in [-0.39, 0.29) is 0 Å². The van der Waals surface area contributed by atoms with Crippen LogP contribution in [0.3, 0.4) is 0 Å². The Morgan fingerprint density at radius 3 is 2.38 bits per heavy atom. The number of nitrogens with one attached hydrogen (secondary N) is 3. The number of alkyl halides is 2. The van der Waals surface area contributed by atoms with Crippen molar-refractivity contribution in [1.29, 1.82) is 0 Å². The highest BCUT2D eigenvalue weighted by Gasteiger charge is 2.45. The second-order valence-electron chi connectivity index (χ2n) is 6.29. The van der Waals surface area contributed by atoms with E-state index in [4.69, 9.17) is 32.8 Å². The first-order valence-corrected chi connectivity index (χ1v) is 9.58. The quantitative estimate of drug-likeness (QED) is 0.305. The van der Waals surface area contributed by atoms with Gasteiger partial charge in [-0.25, -0.2) is 0 Å². The lowest BCUT2D eigenvalue weighted by Crippen LogP contribution is -2.74. The fourth-order valence-electron chi connectivity index (χ4n) is 2.99. The summed E-state index contributed by atoms with van der Waals surface area (Å²) in [4.78, 5) is 10.2. The fraction of sp³-hybridized carbons (Fsp3) is 0.867. The zero-order valence-electron chi connectivity index (χ0n) is 13.7. The van der Waals surface area contributed by atoms with Gasteiger partial charge in [0.15, 0.2) is 5.90 Å². The molecule has 2 heterocycles. The molecule has 1 aliphatic carbocycles.